The van der Waals surface area contributed by atoms with Gasteiger partial charge in [-0.25, -0.2) is 0 Å². The van der Waals surface area contributed by atoms with E-state index in [1.165, 1.54) is 37.9 Å². The average molecular weight is 189 g/mol. The molecule has 0 bridgehead atoms. The highest BCUT2D eigenvalue weighted by molar-refractivity contribution is 5.19. The first-order valence-electron chi connectivity index (χ1n) is 5.71. The fourth-order valence-electron chi connectivity index (χ4n) is 2.42. The smallest absolute Gasteiger partial charge is 0.0348 e. The van der Waals surface area contributed by atoms with Crippen molar-refractivity contribution in [3.63, 3.8) is 0 Å². The lowest BCUT2D eigenvalue weighted by molar-refractivity contribution is 0.157. The number of hydrogen-bond acceptors (Lipinski definition) is 1. The highest BCUT2D eigenvalue weighted by Gasteiger charge is 2.21. The predicted molar refractivity (Wildman–Crippen MR) is 60.3 cm³/mol. The molecule has 1 fully saturated rings. The molecule has 0 saturated carbocycles. The summed E-state index contributed by atoms with van der Waals surface area (Å²) in [6, 6.07) is 11.6. The molecule has 1 aromatic carbocycles. The van der Waals surface area contributed by atoms with Crippen molar-refractivity contribution >= 4 is 0 Å². The Morgan fingerprint density at radius 2 is 2.00 bits per heavy atom. The zero-order valence-corrected chi connectivity index (χ0v) is 8.95. The molecular weight excluding hydrogens is 170 g/mol. The molecule has 1 unspecified atom stereocenters. The summed E-state index contributed by atoms with van der Waals surface area (Å²) in [5, 5.41) is 0. The Balaban J connectivity index is 2.15. The van der Waals surface area contributed by atoms with Crippen molar-refractivity contribution in [1.29, 1.82) is 0 Å². The van der Waals surface area contributed by atoms with Crippen LogP contribution < -0.4 is 0 Å². The number of hydrogen-bond donors (Lipinski definition) is 0. The lowest BCUT2D eigenvalue weighted by atomic mass is 9.95. The Hall–Kier alpha value is -0.820. The van der Waals surface area contributed by atoms with Crippen molar-refractivity contribution < 1.29 is 0 Å². The Bertz CT molecular complexity index is 268. The Kier molecular flexibility index (Phi) is 3.20. The molecule has 1 nitrogen and oxygen atoms in total. The number of nitrogens with zero attached hydrogens (tertiary/aromatic N) is 1. The second-order valence-corrected chi connectivity index (χ2v) is 4.05. The van der Waals surface area contributed by atoms with E-state index in [2.05, 4.69) is 42.2 Å². The normalized spacial score (nSPS) is 23.6. The summed E-state index contributed by atoms with van der Waals surface area (Å²) in [7, 11) is 0. The first-order chi connectivity index (χ1) is 6.92. The summed E-state index contributed by atoms with van der Waals surface area (Å²) in [5.74, 6) is 0. The van der Waals surface area contributed by atoms with E-state index in [0.29, 0.717) is 6.04 Å². The third-order valence-corrected chi connectivity index (χ3v) is 3.20. The van der Waals surface area contributed by atoms with E-state index in [0.717, 1.165) is 0 Å². The maximum Gasteiger partial charge on any atom is 0.0348 e. The molecule has 1 heterocycles. The van der Waals surface area contributed by atoms with Gasteiger partial charge < -0.3 is 0 Å². The van der Waals surface area contributed by atoms with Gasteiger partial charge in [0.2, 0.25) is 0 Å². The molecule has 76 valence electrons. The largest absolute Gasteiger partial charge is 0.297 e. The van der Waals surface area contributed by atoms with Crippen LogP contribution in [-0.4, -0.2) is 18.0 Å². The van der Waals surface area contributed by atoms with E-state index in [9.17, 15) is 0 Å². The molecule has 1 heteroatoms. The van der Waals surface area contributed by atoms with Gasteiger partial charge >= 0.3 is 0 Å². The van der Waals surface area contributed by atoms with Crippen LogP contribution in [0, 0.1) is 0 Å². The summed E-state index contributed by atoms with van der Waals surface area (Å²) in [4.78, 5) is 2.60. The minimum absolute atomic E-state index is 0.676. The molecule has 0 amide bonds. The van der Waals surface area contributed by atoms with Gasteiger partial charge in [-0.15, -0.1) is 0 Å². The molecule has 1 aliphatic rings. The molecule has 1 atom stereocenters. The van der Waals surface area contributed by atoms with Crippen LogP contribution in [0.5, 0.6) is 0 Å². The summed E-state index contributed by atoms with van der Waals surface area (Å²) < 4.78 is 0. The number of benzene rings is 1. The fourth-order valence-corrected chi connectivity index (χ4v) is 2.42. The van der Waals surface area contributed by atoms with Crippen molar-refractivity contribution in [3.8, 4) is 0 Å². The maximum absolute atomic E-state index is 2.60. The van der Waals surface area contributed by atoms with E-state index in [1.807, 2.05) is 0 Å². The molecule has 0 N–H and O–H groups in total. The molecule has 0 radical (unpaired) electrons. The van der Waals surface area contributed by atoms with Crippen LogP contribution in [0.2, 0.25) is 0 Å². The summed E-state index contributed by atoms with van der Waals surface area (Å²) in [5.41, 5.74) is 1.49. The summed E-state index contributed by atoms with van der Waals surface area (Å²) >= 11 is 0. The van der Waals surface area contributed by atoms with Crippen LogP contribution in [0.3, 0.4) is 0 Å². The van der Waals surface area contributed by atoms with Gasteiger partial charge in [-0.3, -0.25) is 4.90 Å². The minimum atomic E-state index is 0.676. The predicted octanol–water partition coefficient (Wildman–Crippen LogP) is 3.23. The second kappa shape index (κ2) is 4.61. The van der Waals surface area contributed by atoms with Gasteiger partial charge in [-0.2, -0.15) is 0 Å². The Morgan fingerprint density at radius 3 is 2.71 bits per heavy atom. The van der Waals surface area contributed by atoms with Crippen LogP contribution in [0.4, 0.5) is 0 Å². The molecule has 0 aliphatic carbocycles. The molecule has 14 heavy (non-hydrogen) atoms. The first-order valence-corrected chi connectivity index (χ1v) is 5.71. The van der Waals surface area contributed by atoms with Crippen molar-refractivity contribution in [1.82, 2.24) is 4.90 Å². The zero-order valence-electron chi connectivity index (χ0n) is 8.95. The van der Waals surface area contributed by atoms with E-state index in [4.69, 9.17) is 0 Å². The number of piperidine rings is 1. The van der Waals surface area contributed by atoms with Crippen LogP contribution >= 0.6 is 0 Å². The van der Waals surface area contributed by atoms with Crippen molar-refractivity contribution in [3.05, 3.63) is 35.9 Å². The molecule has 1 aromatic rings. The minimum Gasteiger partial charge on any atom is -0.297 e. The van der Waals surface area contributed by atoms with Gasteiger partial charge in [0, 0.05) is 6.04 Å². The molecule has 1 saturated heterocycles. The maximum atomic E-state index is 2.60. The standard InChI is InChI=1S/C13H19N/c1-2-14-11-7-6-10-13(14)12-8-4-3-5-9-12/h3-5,8-9,13H,2,6-7,10-11H2,1H3. The highest BCUT2D eigenvalue weighted by Crippen LogP contribution is 2.29. The monoisotopic (exact) mass is 189 g/mol. The lowest BCUT2D eigenvalue weighted by Gasteiger charge is -2.35. The highest BCUT2D eigenvalue weighted by atomic mass is 15.2. The Labute approximate surface area is 86.7 Å². The number of rotatable bonds is 2. The quantitative estimate of drug-likeness (QED) is 0.690. The topological polar surface area (TPSA) is 3.24 Å². The SMILES string of the molecule is CCN1CCCCC1c1ccccc1. The molecule has 0 spiro atoms. The van der Waals surface area contributed by atoms with E-state index < -0.39 is 0 Å². The molecule has 1 aliphatic heterocycles. The van der Waals surface area contributed by atoms with Gasteiger partial charge in [0.1, 0.15) is 0 Å². The van der Waals surface area contributed by atoms with Crippen molar-refractivity contribution in [2.24, 2.45) is 0 Å². The average Bonchev–Trinajstić information content (AvgIpc) is 2.30. The van der Waals surface area contributed by atoms with Gasteiger partial charge in [-0.1, -0.05) is 43.7 Å². The zero-order chi connectivity index (χ0) is 9.80. The van der Waals surface area contributed by atoms with Crippen LogP contribution in [-0.2, 0) is 0 Å². The second-order valence-electron chi connectivity index (χ2n) is 4.05. The van der Waals surface area contributed by atoms with E-state index in [-0.39, 0.29) is 0 Å². The fraction of sp³-hybridized carbons (Fsp3) is 0.538. The van der Waals surface area contributed by atoms with Crippen LogP contribution in [0.15, 0.2) is 30.3 Å². The molecular formula is C13H19N. The third-order valence-electron chi connectivity index (χ3n) is 3.20. The third kappa shape index (κ3) is 1.98. The molecule has 2 rings (SSSR count). The van der Waals surface area contributed by atoms with Crippen LogP contribution in [0.25, 0.3) is 0 Å². The first kappa shape index (κ1) is 9.72. The van der Waals surface area contributed by atoms with Gasteiger partial charge in [0.25, 0.3) is 0 Å². The number of likely N-dealkylation sites (tertiary alicyclic amines) is 1. The van der Waals surface area contributed by atoms with E-state index in [1.54, 1.807) is 0 Å². The van der Waals surface area contributed by atoms with Gasteiger partial charge in [0.15, 0.2) is 0 Å². The van der Waals surface area contributed by atoms with Crippen molar-refractivity contribution in [2.75, 3.05) is 13.1 Å². The van der Waals surface area contributed by atoms with Gasteiger partial charge in [-0.05, 0) is 31.5 Å². The lowest BCUT2D eigenvalue weighted by Crippen LogP contribution is -2.33. The van der Waals surface area contributed by atoms with E-state index >= 15 is 0 Å². The van der Waals surface area contributed by atoms with Crippen LogP contribution in [0.1, 0.15) is 37.8 Å². The molecule has 0 aromatic heterocycles. The van der Waals surface area contributed by atoms with Gasteiger partial charge in [0.05, 0.1) is 0 Å². The Morgan fingerprint density at radius 1 is 1.21 bits per heavy atom. The summed E-state index contributed by atoms with van der Waals surface area (Å²) in [6.07, 6.45) is 4.09. The van der Waals surface area contributed by atoms with Crippen molar-refractivity contribution in [2.45, 2.75) is 32.2 Å². The summed E-state index contributed by atoms with van der Waals surface area (Å²) in [6.45, 7) is 4.72.